The van der Waals surface area contributed by atoms with Gasteiger partial charge in [0.05, 0.1) is 0 Å². The highest BCUT2D eigenvalue weighted by Gasteiger charge is 2.15. The topological polar surface area (TPSA) is 21.3 Å². The average Bonchev–Trinajstić information content (AvgIpc) is 2.46. The van der Waals surface area contributed by atoms with Gasteiger partial charge in [-0.3, -0.25) is 0 Å². The van der Waals surface area contributed by atoms with E-state index in [9.17, 15) is 0 Å². The number of ether oxygens (including phenoxy) is 1. The van der Waals surface area contributed by atoms with Gasteiger partial charge in [0.25, 0.3) is 0 Å². The second-order valence-electron chi connectivity index (χ2n) is 5.16. The van der Waals surface area contributed by atoms with Crippen molar-refractivity contribution < 1.29 is 4.74 Å². The van der Waals surface area contributed by atoms with E-state index in [-0.39, 0.29) is 0 Å². The minimum absolute atomic E-state index is 0.702. The van der Waals surface area contributed by atoms with E-state index < -0.39 is 0 Å². The van der Waals surface area contributed by atoms with Gasteiger partial charge in [-0.15, -0.1) is 0 Å². The summed E-state index contributed by atoms with van der Waals surface area (Å²) < 4.78 is 5.96. The van der Waals surface area contributed by atoms with E-state index in [0.717, 1.165) is 31.9 Å². The fraction of sp³-hybridized carbons (Fsp3) is 0.600. The summed E-state index contributed by atoms with van der Waals surface area (Å²) in [6.07, 6.45) is 5.21. The fourth-order valence-electron chi connectivity index (χ4n) is 2.67. The van der Waals surface area contributed by atoms with Crippen LogP contribution in [0.4, 0.5) is 0 Å². The molecule has 0 saturated carbocycles. The number of fused-ring (bicyclic) bond motifs is 1. The van der Waals surface area contributed by atoms with Crippen LogP contribution in [0.1, 0.15) is 30.4 Å². The summed E-state index contributed by atoms with van der Waals surface area (Å²) in [5, 5.41) is 4.12. The number of nitrogens with one attached hydrogen (secondary N) is 1. The van der Waals surface area contributed by atoms with Crippen LogP contribution in [0.2, 0.25) is 0 Å². The molecule has 0 spiro atoms. The van der Waals surface area contributed by atoms with Crippen molar-refractivity contribution >= 4 is 11.8 Å². The van der Waals surface area contributed by atoms with Crippen molar-refractivity contribution in [1.82, 2.24) is 5.32 Å². The summed E-state index contributed by atoms with van der Waals surface area (Å²) in [6, 6.07) is 6.59. The second-order valence-corrected chi connectivity index (χ2v) is 6.57. The normalized spacial score (nSPS) is 23.4. The molecule has 1 N–H and O–H groups in total. The first-order chi connectivity index (χ1) is 8.92. The maximum absolute atomic E-state index is 5.96. The Morgan fingerprint density at radius 2 is 2.28 bits per heavy atom. The van der Waals surface area contributed by atoms with E-state index in [0.29, 0.717) is 5.25 Å². The molecule has 0 aromatic heterocycles. The second kappa shape index (κ2) is 5.98. The molecule has 1 aromatic rings. The Balaban J connectivity index is 1.58. The van der Waals surface area contributed by atoms with Gasteiger partial charge >= 0.3 is 0 Å². The maximum Gasteiger partial charge on any atom is 0.119 e. The fourth-order valence-corrected chi connectivity index (χ4v) is 3.88. The lowest BCUT2D eigenvalue weighted by Crippen LogP contribution is -2.23. The smallest absolute Gasteiger partial charge is 0.119 e. The van der Waals surface area contributed by atoms with Crippen molar-refractivity contribution in [1.29, 1.82) is 0 Å². The van der Waals surface area contributed by atoms with E-state index in [4.69, 9.17) is 4.74 Å². The molecule has 1 atom stereocenters. The molecule has 0 amide bonds. The quantitative estimate of drug-likeness (QED) is 0.906. The average molecular weight is 263 g/mol. The molecule has 0 radical (unpaired) electrons. The number of hydrogen-bond donors (Lipinski definition) is 1. The molecule has 1 saturated heterocycles. The summed E-state index contributed by atoms with van der Waals surface area (Å²) in [6.45, 7) is 2.97. The number of thioether (sulfide) groups is 1. The van der Waals surface area contributed by atoms with Crippen molar-refractivity contribution in [2.75, 3.05) is 18.9 Å². The van der Waals surface area contributed by atoms with Gasteiger partial charge in [-0.25, -0.2) is 0 Å². The molecule has 3 heteroatoms. The Kier molecular flexibility index (Phi) is 4.11. The summed E-state index contributed by atoms with van der Waals surface area (Å²) in [7, 11) is 0. The third-order valence-electron chi connectivity index (χ3n) is 3.77. The first-order valence-corrected chi connectivity index (χ1v) is 8.03. The molecule has 2 aliphatic heterocycles. The third kappa shape index (κ3) is 3.01. The van der Waals surface area contributed by atoms with E-state index >= 15 is 0 Å². The number of hydrogen-bond acceptors (Lipinski definition) is 3. The van der Waals surface area contributed by atoms with Gasteiger partial charge in [0.1, 0.15) is 12.4 Å². The molecule has 1 unspecified atom stereocenters. The van der Waals surface area contributed by atoms with Crippen molar-refractivity contribution in [3.63, 3.8) is 0 Å². The predicted molar refractivity (Wildman–Crippen MR) is 77.4 cm³/mol. The van der Waals surface area contributed by atoms with E-state index in [1.54, 1.807) is 0 Å². The van der Waals surface area contributed by atoms with Gasteiger partial charge in [-0.2, -0.15) is 11.8 Å². The van der Waals surface area contributed by atoms with Gasteiger partial charge in [0.15, 0.2) is 0 Å². The van der Waals surface area contributed by atoms with Gasteiger partial charge in [-0.05, 0) is 54.8 Å². The Morgan fingerprint density at radius 1 is 1.28 bits per heavy atom. The van der Waals surface area contributed by atoms with Crippen molar-refractivity contribution in [3.05, 3.63) is 29.3 Å². The lowest BCUT2D eigenvalue weighted by molar-refractivity contribution is 0.308. The molecule has 1 aromatic carbocycles. The Bertz CT molecular complexity index is 401. The van der Waals surface area contributed by atoms with Crippen LogP contribution in [-0.4, -0.2) is 24.2 Å². The Labute approximate surface area is 113 Å². The zero-order valence-corrected chi connectivity index (χ0v) is 11.6. The highest BCUT2D eigenvalue weighted by atomic mass is 32.2. The molecule has 98 valence electrons. The molecule has 3 rings (SSSR count). The van der Waals surface area contributed by atoms with Crippen LogP contribution in [-0.2, 0) is 13.0 Å². The van der Waals surface area contributed by atoms with E-state index in [1.165, 1.54) is 36.1 Å². The van der Waals surface area contributed by atoms with Crippen molar-refractivity contribution in [2.24, 2.45) is 0 Å². The van der Waals surface area contributed by atoms with E-state index in [1.807, 2.05) is 0 Å². The first-order valence-electron chi connectivity index (χ1n) is 6.99. The largest absolute Gasteiger partial charge is 0.492 e. The monoisotopic (exact) mass is 263 g/mol. The van der Waals surface area contributed by atoms with Crippen molar-refractivity contribution in [2.45, 2.75) is 37.5 Å². The molecule has 2 aliphatic rings. The van der Waals surface area contributed by atoms with Crippen LogP contribution in [0.3, 0.4) is 0 Å². The predicted octanol–water partition coefficient (Wildman–Crippen LogP) is 3.00. The maximum atomic E-state index is 5.96. The standard InChI is InChI=1S/C15H21NOS/c1-2-8-18-15(3-1)11-17-14-5-4-12-6-7-16-10-13(12)9-14/h4-5,9,15-16H,1-3,6-8,10-11H2. The minimum Gasteiger partial charge on any atom is -0.492 e. The van der Waals surface area contributed by atoms with Crippen LogP contribution in [0.5, 0.6) is 5.75 Å². The zero-order valence-electron chi connectivity index (χ0n) is 10.8. The molecular formula is C15H21NOS. The van der Waals surface area contributed by atoms with Crippen LogP contribution < -0.4 is 10.1 Å². The lowest BCUT2D eigenvalue weighted by atomic mass is 10.0. The summed E-state index contributed by atoms with van der Waals surface area (Å²) in [5.74, 6) is 2.35. The Hall–Kier alpha value is -0.670. The minimum atomic E-state index is 0.702. The lowest BCUT2D eigenvalue weighted by Gasteiger charge is -2.22. The highest BCUT2D eigenvalue weighted by molar-refractivity contribution is 7.99. The van der Waals surface area contributed by atoms with E-state index in [2.05, 4.69) is 35.3 Å². The van der Waals surface area contributed by atoms with Gasteiger partial charge in [-0.1, -0.05) is 12.5 Å². The summed E-state index contributed by atoms with van der Waals surface area (Å²) >= 11 is 2.07. The summed E-state index contributed by atoms with van der Waals surface area (Å²) in [5.41, 5.74) is 2.89. The Morgan fingerprint density at radius 3 is 3.17 bits per heavy atom. The number of benzene rings is 1. The molecule has 0 aliphatic carbocycles. The molecule has 2 nitrogen and oxygen atoms in total. The molecule has 0 bridgehead atoms. The van der Waals surface area contributed by atoms with Crippen molar-refractivity contribution in [3.8, 4) is 5.75 Å². The van der Waals surface area contributed by atoms with Gasteiger partial charge < -0.3 is 10.1 Å². The third-order valence-corrected chi connectivity index (χ3v) is 5.14. The van der Waals surface area contributed by atoms with Crippen LogP contribution in [0, 0.1) is 0 Å². The van der Waals surface area contributed by atoms with Crippen LogP contribution in [0.25, 0.3) is 0 Å². The van der Waals surface area contributed by atoms with Crippen LogP contribution in [0.15, 0.2) is 18.2 Å². The zero-order chi connectivity index (χ0) is 12.2. The molecule has 18 heavy (non-hydrogen) atoms. The molecule has 2 heterocycles. The van der Waals surface area contributed by atoms with Crippen LogP contribution >= 0.6 is 11.8 Å². The molecular weight excluding hydrogens is 242 g/mol. The molecule has 1 fully saturated rings. The first kappa shape index (κ1) is 12.4. The highest BCUT2D eigenvalue weighted by Crippen LogP contribution is 2.26. The summed E-state index contributed by atoms with van der Waals surface area (Å²) in [4.78, 5) is 0. The SMILES string of the molecule is c1cc2c(cc1OCC1CCCCS1)CNCC2. The van der Waals surface area contributed by atoms with Gasteiger partial charge in [0.2, 0.25) is 0 Å². The van der Waals surface area contributed by atoms with Gasteiger partial charge in [0, 0.05) is 11.8 Å². The number of rotatable bonds is 3.